The molecule has 0 aliphatic carbocycles. The second-order valence-electron chi connectivity index (χ2n) is 6.06. The van der Waals surface area contributed by atoms with Gasteiger partial charge in [0.2, 0.25) is 0 Å². The number of benzene rings is 1. The van der Waals surface area contributed by atoms with E-state index in [1.807, 2.05) is 6.07 Å². The summed E-state index contributed by atoms with van der Waals surface area (Å²) < 4.78 is 0. The number of hydrogen-bond donors (Lipinski definition) is 2. The van der Waals surface area contributed by atoms with E-state index in [0.717, 1.165) is 5.56 Å². The smallest absolute Gasteiger partial charge is 0.198 e. The summed E-state index contributed by atoms with van der Waals surface area (Å²) in [7, 11) is 0. The van der Waals surface area contributed by atoms with Crippen LogP contribution in [-0.4, -0.2) is 15.9 Å². The fraction of sp³-hybridized carbons (Fsp3) is 0.294. The summed E-state index contributed by atoms with van der Waals surface area (Å²) in [6, 6.07) is 6.97. The summed E-state index contributed by atoms with van der Waals surface area (Å²) in [4.78, 5) is 16.5. The first kappa shape index (κ1) is 18.1. The zero-order valence-electron chi connectivity index (χ0n) is 13.0. The highest BCUT2D eigenvalue weighted by molar-refractivity contribution is 6.10. The highest BCUT2D eigenvalue weighted by atomic mass is 35.5. The second-order valence-corrected chi connectivity index (χ2v) is 6.06. The number of rotatable bonds is 3. The number of halogens is 1. The van der Waals surface area contributed by atoms with E-state index < -0.39 is 0 Å². The van der Waals surface area contributed by atoms with Crippen LogP contribution in [0.15, 0.2) is 36.7 Å². The average Bonchev–Trinajstić information content (AvgIpc) is 2.46. The van der Waals surface area contributed by atoms with Gasteiger partial charge in [0.15, 0.2) is 5.78 Å². The molecular formula is C17H21ClN2O2. The first-order valence-electron chi connectivity index (χ1n) is 6.85. The van der Waals surface area contributed by atoms with Crippen LogP contribution in [0.4, 0.5) is 0 Å². The molecule has 0 unspecified atom stereocenters. The van der Waals surface area contributed by atoms with E-state index in [1.165, 1.54) is 6.20 Å². The number of aromatic hydroxyl groups is 1. The number of carbonyl (C=O) groups is 1. The molecule has 0 radical (unpaired) electrons. The lowest BCUT2D eigenvalue weighted by molar-refractivity contribution is 0.103. The minimum atomic E-state index is -0.249. The molecule has 0 aliphatic rings. The Hall–Kier alpha value is -1.91. The number of pyridine rings is 1. The molecule has 0 saturated carbocycles. The van der Waals surface area contributed by atoms with E-state index in [9.17, 15) is 9.90 Å². The second kappa shape index (κ2) is 6.90. The quantitative estimate of drug-likeness (QED) is 0.851. The molecule has 0 saturated heterocycles. The Kier molecular flexibility index (Phi) is 5.69. The molecule has 5 heteroatoms. The Balaban J connectivity index is 0.00000242. The number of nitrogens with two attached hydrogens (primary N) is 1. The molecule has 1 heterocycles. The Morgan fingerprint density at radius 2 is 2.00 bits per heavy atom. The lowest BCUT2D eigenvalue weighted by Gasteiger charge is -2.22. The molecule has 0 fully saturated rings. The molecule has 0 spiro atoms. The molecule has 2 aromatic rings. The number of carbonyl (C=O) groups excluding carboxylic acids is 1. The first-order valence-corrected chi connectivity index (χ1v) is 6.85. The zero-order chi connectivity index (χ0) is 15.6. The van der Waals surface area contributed by atoms with Gasteiger partial charge >= 0.3 is 0 Å². The van der Waals surface area contributed by atoms with Gasteiger partial charge in [0.1, 0.15) is 5.75 Å². The number of ketones is 1. The third kappa shape index (κ3) is 3.64. The van der Waals surface area contributed by atoms with Crippen molar-refractivity contribution in [2.24, 2.45) is 5.73 Å². The van der Waals surface area contributed by atoms with Crippen molar-refractivity contribution in [3.63, 3.8) is 0 Å². The van der Waals surface area contributed by atoms with Crippen LogP contribution in [0.25, 0.3) is 0 Å². The largest absolute Gasteiger partial charge is 0.507 e. The minimum absolute atomic E-state index is 0. The van der Waals surface area contributed by atoms with Gasteiger partial charge in [0, 0.05) is 30.1 Å². The van der Waals surface area contributed by atoms with Gasteiger partial charge in [0.05, 0.1) is 5.56 Å². The minimum Gasteiger partial charge on any atom is -0.507 e. The van der Waals surface area contributed by atoms with Gasteiger partial charge in [-0.15, -0.1) is 12.4 Å². The maximum Gasteiger partial charge on any atom is 0.198 e. The van der Waals surface area contributed by atoms with Crippen molar-refractivity contribution in [2.75, 3.05) is 0 Å². The number of nitrogens with zero attached hydrogens (tertiary/aromatic N) is 1. The predicted octanol–water partition coefficient (Wildman–Crippen LogP) is 3.20. The summed E-state index contributed by atoms with van der Waals surface area (Å²) in [5.41, 5.74) is 7.81. The van der Waals surface area contributed by atoms with E-state index in [0.29, 0.717) is 11.1 Å². The van der Waals surface area contributed by atoms with Crippen molar-refractivity contribution in [2.45, 2.75) is 32.7 Å². The van der Waals surface area contributed by atoms with Gasteiger partial charge in [0.25, 0.3) is 0 Å². The van der Waals surface area contributed by atoms with Crippen LogP contribution in [0.1, 0.15) is 47.8 Å². The van der Waals surface area contributed by atoms with Gasteiger partial charge in [-0.3, -0.25) is 9.78 Å². The molecular weight excluding hydrogens is 300 g/mol. The highest BCUT2D eigenvalue weighted by Gasteiger charge is 2.22. The van der Waals surface area contributed by atoms with Gasteiger partial charge < -0.3 is 10.8 Å². The summed E-state index contributed by atoms with van der Waals surface area (Å²) in [6.45, 7) is 6.34. The van der Waals surface area contributed by atoms with E-state index in [-0.39, 0.29) is 41.5 Å². The number of aromatic nitrogens is 1. The summed E-state index contributed by atoms with van der Waals surface area (Å²) in [5.74, 6) is -0.291. The topological polar surface area (TPSA) is 76.2 Å². The van der Waals surface area contributed by atoms with E-state index in [2.05, 4.69) is 25.8 Å². The van der Waals surface area contributed by atoms with Crippen molar-refractivity contribution in [3.05, 3.63) is 58.9 Å². The third-order valence-electron chi connectivity index (χ3n) is 3.44. The molecule has 1 aromatic heterocycles. The van der Waals surface area contributed by atoms with Crippen LogP contribution in [0.3, 0.4) is 0 Å². The van der Waals surface area contributed by atoms with E-state index in [4.69, 9.17) is 5.73 Å². The maximum absolute atomic E-state index is 12.6. The SMILES string of the molecule is CC(C)(C)c1cc(CN)c(O)c(C(=O)c2cccnc2)c1.Cl. The molecule has 0 bridgehead atoms. The van der Waals surface area contributed by atoms with Crippen LogP contribution >= 0.6 is 12.4 Å². The summed E-state index contributed by atoms with van der Waals surface area (Å²) >= 11 is 0. The van der Waals surface area contributed by atoms with E-state index in [1.54, 1.807) is 24.4 Å². The fourth-order valence-corrected chi connectivity index (χ4v) is 2.11. The van der Waals surface area contributed by atoms with Crippen molar-refractivity contribution in [1.29, 1.82) is 0 Å². The zero-order valence-corrected chi connectivity index (χ0v) is 13.8. The molecule has 3 N–H and O–H groups in total. The summed E-state index contributed by atoms with van der Waals surface area (Å²) in [6.07, 6.45) is 3.10. The highest BCUT2D eigenvalue weighted by Crippen LogP contribution is 2.32. The Labute approximate surface area is 136 Å². The number of hydrogen-bond acceptors (Lipinski definition) is 4. The van der Waals surface area contributed by atoms with Crippen LogP contribution in [-0.2, 0) is 12.0 Å². The van der Waals surface area contributed by atoms with Crippen molar-refractivity contribution >= 4 is 18.2 Å². The van der Waals surface area contributed by atoms with Crippen LogP contribution in [0, 0.1) is 0 Å². The van der Waals surface area contributed by atoms with Gasteiger partial charge in [-0.2, -0.15) is 0 Å². The molecule has 118 valence electrons. The third-order valence-corrected chi connectivity index (χ3v) is 3.44. The van der Waals surface area contributed by atoms with Gasteiger partial charge in [-0.1, -0.05) is 26.8 Å². The normalized spacial score (nSPS) is 10.9. The lowest BCUT2D eigenvalue weighted by Crippen LogP contribution is -2.15. The van der Waals surface area contributed by atoms with E-state index >= 15 is 0 Å². The molecule has 4 nitrogen and oxygen atoms in total. The molecule has 1 aromatic carbocycles. The Morgan fingerprint density at radius 1 is 1.32 bits per heavy atom. The van der Waals surface area contributed by atoms with Gasteiger partial charge in [-0.05, 0) is 29.2 Å². The van der Waals surface area contributed by atoms with Crippen molar-refractivity contribution < 1.29 is 9.90 Å². The monoisotopic (exact) mass is 320 g/mol. The first-order chi connectivity index (χ1) is 9.84. The summed E-state index contributed by atoms with van der Waals surface area (Å²) in [5, 5.41) is 10.3. The van der Waals surface area contributed by atoms with Crippen LogP contribution in [0.5, 0.6) is 5.75 Å². The lowest BCUT2D eigenvalue weighted by atomic mass is 9.83. The van der Waals surface area contributed by atoms with Crippen LogP contribution in [0.2, 0.25) is 0 Å². The van der Waals surface area contributed by atoms with Crippen molar-refractivity contribution in [1.82, 2.24) is 4.98 Å². The Bertz CT molecular complexity index is 664. The fourth-order valence-electron chi connectivity index (χ4n) is 2.11. The molecule has 2 rings (SSSR count). The standard InChI is InChI=1S/C17H20N2O2.ClH/c1-17(2,3)13-7-12(9-18)16(21)14(8-13)15(20)11-5-4-6-19-10-11;/h4-8,10,21H,9,18H2,1-3H3;1H. The Morgan fingerprint density at radius 3 is 2.50 bits per heavy atom. The number of phenolic OH excluding ortho intramolecular Hbond substituents is 1. The predicted molar refractivity (Wildman–Crippen MR) is 89.6 cm³/mol. The maximum atomic E-state index is 12.6. The molecule has 0 atom stereocenters. The molecule has 22 heavy (non-hydrogen) atoms. The average molecular weight is 321 g/mol. The molecule has 0 aliphatic heterocycles. The number of phenols is 1. The van der Waals surface area contributed by atoms with Crippen LogP contribution < -0.4 is 5.73 Å². The van der Waals surface area contributed by atoms with Gasteiger partial charge in [-0.25, -0.2) is 0 Å². The van der Waals surface area contributed by atoms with Crippen molar-refractivity contribution in [3.8, 4) is 5.75 Å². The molecule has 0 amide bonds.